The fraction of sp³-hybridized carbons (Fsp3) is 0.278. The van der Waals surface area contributed by atoms with E-state index in [0.717, 1.165) is 16.5 Å². The molecule has 3 rings (SSSR count). The highest BCUT2D eigenvalue weighted by atomic mass is 32.2. The standard InChI is InChI=1S/C18H20N4O2S/c1-11-5-6-15(9-12(11)2)22-8-7-19-18(22)25-14(4)17(23)20-16-10-13(3)21-24-16/h5-10,14H,1-4H3,(H,20,23). The first kappa shape index (κ1) is 17.3. The number of amides is 1. The summed E-state index contributed by atoms with van der Waals surface area (Å²) < 4.78 is 7.01. The third kappa shape index (κ3) is 3.93. The van der Waals surface area contributed by atoms with Crippen LogP contribution in [0, 0.1) is 20.8 Å². The summed E-state index contributed by atoms with van der Waals surface area (Å²) in [5.74, 6) is 0.197. The molecule has 1 atom stereocenters. The van der Waals surface area contributed by atoms with Gasteiger partial charge in [-0.25, -0.2) is 4.98 Å². The quantitative estimate of drug-likeness (QED) is 0.702. The van der Waals surface area contributed by atoms with Gasteiger partial charge in [0, 0.05) is 24.1 Å². The van der Waals surface area contributed by atoms with E-state index < -0.39 is 0 Å². The molecule has 0 fully saturated rings. The molecule has 1 unspecified atom stereocenters. The molecule has 0 radical (unpaired) electrons. The number of aromatic nitrogens is 3. The molecular weight excluding hydrogens is 336 g/mol. The van der Waals surface area contributed by atoms with Crippen molar-refractivity contribution in [3.63, 3.8) is 0 Å². The second-order valence-corrected chi connectivity index (χ2v) is 7.24. The Bertz CT molecular complexity index is 900. The first-order chi connectivity index (χ1) is 11.9. The van der Waals surface area contributed by atoms with Crippen molar-refractivity contribution in [3.05, 3.63) is 53.5 Å². The molecule has 1 N–H and O–H groups in total. The Morgan fingerprint density at radius 3 is 2.72 bits per heavy atom. The van der Waals surface area contributed by atoms with Crippen LogP contribution in [0.2, 0.25) is 0 Å². The molecule has 0 saturated carbocycles. The predicted molar refractivity (Wildman–Crippen MR) is 98.2 cm³/mol. The van der Waals surface area contributed by atoms with Crippen LogP contribution in [-0.4, -0.2) is 25.9 Å². The number of nitrogens with zero attached hydrogens (tertiary/aromatic N) is 3. The minimum Gasteiger partial charge on any atom is -0.338 e. The van der Waals surface area contributed by atoms with E-state index in [1.165, 1.54) is 22.9 Å². The van der Waals surface area contributed by atoms with Gasteiger partial charge in [-0.15, -0.1) is 0 Å². The highest BCUT2D eigenvalue weighted by Crippen LogP contribution is 2.26. The lowest BCUT2D eigenvalue weighted by molar-refractivity contribution is -0.115. The van der Waals surface area contributed by atoms with E-state index in [9.17, 15) is 4.79 Å². The summed E-state index contributed by atoms with van der Waals surface area (Å²) in [7, 11) is 0. The van der Waals surface area contributed by atoms with Crippen LogP contribution in [0.1, 0.15) is 23.7 Å². The summed E-state index contributed by atoms with van der Waals surface area (Å²) in [6, 6.07) is 7.94. The predicted octanol–water partition coefficient (Wildman–Crippen LogP) is 3.90. The highest BCUT2D eigenvalue weighted by Gasteiger charge is 2.19. The monoisotopic (exact) mass is 356 g/mol. The average Bonchev–Trinajstić information content (AvgIpc) is 3.19. The van der Waals surface area contributed by atoms with Gasteiger partial charge in [-0.2, -0.15) is 0 Å². The third-order valence-electron chi connectivity index (χ3n) is 3.90. The van der Waals surface area contributed by atoms with Gasteiger partial charge in [0.2, 0.25) is 11.8 Å². The number of imidazole rings is 1. The summed E-state index contributed by atoms with van der Waals surface area (Å²) in [6.07, 6.45) is 3.64. The number of rotatable bonds is 5. The largest absolute Gasteiger partial charge is 0.338 e. The molecule has 2 heterocycles. The van der Waals surface area contributed by atoms with E-state index in [4.69, 9.17) is 4.52 Å². The molecule has 1 amide bonds. The van der Waals surface area contributed by atoms with E-state index in [0.29, 0.717) is 5.88 Å². The Labute approximate surface area is 150 Å². The minimum absolute atomic E-state index is 0.157. The Balaban J connectivity index is 1.73. The normalized spacial score (nSPS) is 12.2. The van der Waals surface area contributed by atoms with Crippen molar-refractivity contribution in [2.75, 3.05) is 5.32 Å². The van der Waals surface area contributed by atoms with Crippen LogP contribution in [0.4, 0.5) is 5.88 Å². The smallest absolute Gasteiger partial charge is 0.240 e. The van der Waals surface area contributed by atoms with E-state index in [2.05, 4.69) is 47.5 Å². The molecule has 25 heavy (non-hydrogen) atoms. The number of thioether (sulfide) groups is 1. The minimum atomic E-state index is -0.335. The summed E-state index contributed by atoms with van der Waals surface area (Å²) in [5.41, 5.74) is 4.21. The van der Waals surface area contributed by atoms with Crippen molar-refractivity contribution in [1.29, 1.82) is 0 Å². The number of hydrogen-bond donors (Lipinski definition) is 1. The summed E-state index contributed by atoms with van der Waals surface area (Å²) in [4.78, 5) is 16.7. The van der Waals surface area contributed by atoms with E-state index in [-0.39, 0.29) is 11.2 Å². The number of anilines is 1. The zero-order valence-electron chi connectivity index (χ0n) is 14.6. The topological polar surface area (TPSA) is 73.0 Å². The van der Waals surface area contributed by atoms with Gasteiger partial charge in [-0.3, -0.25) is 14.7 Å². The Morgan fingerprint density at radius 1 is 1.24 bits per heavy atom. The van der Waals surface area contributed by atoms with Crippen LogP contribution < -0.4 is 5.32 Å². The Morgan fingerprint density at radius 2 is 2.04 bits per heavy atom. The molecule has 0 spiro atoms. The molecule has 1 aromatic carbocycles. The lowest BCUT2D eigenvalue weighted by Gasteiger charge is -2.13. The van der Waals surface area contributed by atoms with Crippen molar-refractivity contribution >= 4 is 23.6 Å². The molecule has 2 aromatic heterocycles. The first-order valence-corrected chi connectivity index (χ1v) is 8.84. The van der Waals surface area contributed by atoms with Gasteiger partial charge in [0.1, 0.15) is 0 Å². The van der Waals surface area contributed by atoms with Gasteiger partial charge in [-0.1, -0.05) is 23.0 Å². The zero-order chi connectivity index (χ0) is 18.0. The van der Waals surface area contributed by atoms with E-state index >= 15 is 0 Å². The maximum atomic E-state index is 12.3. The fourth-order valence-corrected chi connectivity index (χ4v) is 3.19. The Kier molecular flexibility index (Phi) is 4.94. The van der Waals surface area contributed by atoms with Crippen molar-refractivity contribution in [1.82, 2.24) is 14.7 Å². The molecule has 0 saturated heterocycles. The second-order valence-electron chi connectivity index (χ2n) is 5.93. The molecule has 0 bridgehead atoms. The molecule has 0 aliphatic carbocycles. The molecule has 7 heteroatoms. The Hall–Kier alpha value is -2.54. The maximum absolute atomic E-state index is 12.3. The van der Waals surface area contributed by atoms with Gasteiger partial charge in [-0.05, 0) is 51.0 Å². The number of carbonyl (C=O) groups is 1. The van der Waals surface area contributed by atoms with Crippen LogP contribution in [0.25, 0.3) is 5.69 Å². The third-order valence-corrected chi connectivity index (χ3v) is 4.98. The van der Waals surface area contributed by atoms with Gasteiger partial charge in [0.25, 0.3) is 0 Å². The van der Waals surface area contributed by atoms with Crippen molar-refractivity contribution in [2.45, 2.75) is 38.1 Å². The maximum Gasteiger partial charge on any atom is 0.240 e. The van der Waals surface area contributed by atoms with E-state index in [1.54, 1.807) is 19.2 Å². The zero-order valence-corrected chi connectivity index (χ0v) is 15.4. The fourth-order valence-electron chi connectivity index (χ4n) is 2.31. The molecule has 6 nitrogen and oxygen atoms in total. The number of hydrogen-bond acceptors (Lipinski definition) is 5. The number of carbonyl (C=O) groups excluding carboxylic acids is 1. The molecule has 0 aliphatic heterocycles. The average molecular weight is 356 g/mol. The van der Waals surface area contributed by atoms with Crippen molar-refractivity contribution < 1.29 is 9.32 Å². The second kappa shape index (κ2) is 7.14. The van der Waals surface area contributed by atoms with Gasteiger partial charge in [0.05, 0.1) is 10.9 Å². The summed E-state index contributed by atoms with van der Waals surface area (Å²) >= 11 is 1.39. The van der Waals surface area contributed by atoms with Crippen LogP contribution in [0.5, 0.6) is 0 Å². The van der Waals surface area contributed by atoms with Crippen LogP contribution >= 0.6 is 11.8 Å². The van der Waals surface area contributed by atoms with Crippen LogP contribution in [0.15, 0.2) is 46.3 Å². The van der Waals surface area contributed by atoms with Crippen molar-refractivity contribution in [3.8, 4) is 5.69 Å². The summed E-state index contributed by atoms with van der Waals surface area (Å²) in [5, 5.41) is 6.91. The lowest BCUT2D eigenvalue weighted by atomic mass is 10.1. The van der Waals surface area contributed by atoms with Crippen LogP contribution in [0.3, 0.4) is 0 Å². The number of benzene rings is 1. The van der Waals surface area contributed by atoms with Gasteiger partial charge in [0.15, 0.2) is 5.16 Å². The number of nitrogens with one attached hydrogen (secondary N) is 1. The van der Waals surface area contributed by atoms with Gasteiger partial charge >= 0.3 is 0 Å². The van der Waals surface area contributed by atoms with Gasteiger partial charge < -0.3 is 4.52 Å². The van der Waals surface area contributed by atoms with Crippen LogP contribution in [-0.2, 0) is 4.79 Å². The number of aryl methyl sites for hydroxylation is 3. The SMILES string of the molecule is Cc1cc(NC(=O)C(C)Sc2nccn2-c2ccc(C)c(C)c2)on1. The first-order valence-electron chi connectivity index (χ1n) is 7.96. The molecule has 0 aliphatic rings. The lowest BCUT2D eigenvalue weighted by Crippen LogP contribution is -2.22. The van der Waals surface area contributed by atoms with Crippen molar-refractivity contribution in [2.24, 2.45) is 0 Å². The summed E-state index contributed by atoms with van der Waals surface area (Å²) in [6.45, 7) is 7.80. The highest BCUT2D eigenvalue weighted by molar-refractivity contribution is 8.00. The van der Waals surface area contributed by atoms with E-state index in [1.807, 2.05) is 17.7 Å². The molecule has 3 aromatic rings. The molecular formula is C18H20N4O2S. The molecule has 130 valence electrons.